The van der Waals surface area contributed by atoms with E-state index in [1.807, 2.05) is 17.5 Å². The zero-order chi connectivity index (χ0) is 17.6. The monoisotopic (exact) mass is 358 g/mol. The van der Waals surface area contributed by atoms with Gasteiger partial charge in [-0.1, -0.05) is 6.92 Å². The van der Waals surface area contributed by atoms with Crippen LogP contribution >= 0.6 is 11.3 Å². The number of thiazole rings is 1. The molecule has 3 heterocycles. The van der Waals surface area contributed by atoms with E-state index in [0.717, 1.165) is 29.8 Å². The minimum atomic E-state index is -0.0865. The predicted octanol–water partition coefficient (Wildman–Crippen LogP) is 2.41. The number of carbonyl (C=O) groups excluding carboxylic acids is 2. The third-order valence-corrected chi connectivity index (χ3v) is 5.08. The van der Waals surface area contributed by atoms with Crippen LogP contribution in [0.5, 0.6) is 0 Å². The smallest absolute Gasteiger partial charge is 0.273 e. The molecule has 2 aromatic heterocycles. The number of carbonyl (C=O) groups is 2. The van der Waals surface area contributed by atoms with Gasteiger partial charge in [0.05, 0.1) is 5.01 Å². The molecule has 2 aromatic rings. The molecule has 0 bridgehead atoms. The molecule has 2 amide bonds. The van der Waals surface area contributed by atoms with Crippen molar-refractivity contribution in [1.29, 1.82) is 0 Å². The molecule has 132 valence electrons. The lowest BCUT2D eigenvalue weighted by Crippen LogP contribution is -2.41. The summed E-state index contributed by atoms with van der Waals surface area (Å²) in [5.74, 6) is -0.0308. The molecule has 6 nitrogen and oxygen atoms in total. The van der Waals surface area contributed by atoms with Crippen molar-refractivity contribution >= 4 is 23.2 Å². The largest absolute Gasteiger partial charge is 0.352 e. The minimum absolute atomic E-state index is 0.00651. The molecular weight excluding hydrogens is 336 g/mol. The number of pyridine rings is 1. The third kappa shape index (κ3) is 4.63. The number of nitrogens with one attached hydrogen (secondary N) is 1. The molecule has 0 unspecified atom stereocenters. The van der Waals surface area contributed by atoms with Crippen molar-refractivity contribution in [1.82, 2.24) is 20.2 Å². The summed E-state index contributed by atoms with van der Waals surface area (Å²) in [6.45, 7) is 3.07. The molecule has 1 N–H and O–H groups in total. The number of aryl methyl sites for hydroxylation is 1. The van der Waals surface area contributed by atoms with Gasteiger partial charge in [-0.15, -0.1) is 11.3 Å². The van der Waals surface area contributed by atoms with Gasteiger partial charge in [-0.25, -0.2) is 4.98 Å². The van der Waals surface area contributed by atoms with E-state index in [2.05, 4.69) is 22.2 Å². The van der Waals surface area contributed by atoms with Gasteiger partial charge in [-0.2, -0.15) is 0 Å². The summed E-state index contributed by atoms with van der Waals surface area (Å²) < 4.78 is 0. The normalized spacial score (nSPS) is 16.7. The average molecular weight is 358 g/mol. The first-order chi connectivity index (χ1) is 12.2. The van der Waals surface area contributed by atoms with Crippen molar-refractivity contribution < 1.29 is 9.59 Å². The van der Waals surface area contributed by atoms with E-state index < -0.39 is 0 Å². The summed E-state index contributed by atoms with van der Waals surface area (Å²) in [7, 11) is 0. The Balaban J connectivity index is 1.76. The summed E-state index contributed by atoms with van der Waals surface area (Å²) in [6, 6.07) is 3.81. The average Bonchev–Trinajstić information content (AvgIpc) is 3.24. The first-order valence-corrected chi connectivity index (χ1v) is 9.45. The maximum atomic E-state index is 13.0. The van der Waals surface area contributed by atoms with Gasteiger partial charge in [0, 0.05) is 43.3 Å². The van der Waals surface area contributed by atoms with Gasteiger partial charge in [0.1, 0.15) is 5.69 Å². The Kier molecular flexibility index (Phi) is 5.75. The molecule has 1 aliphatic rings. The van der Waals surface area contributed by atoms with Crippen LogP contribution < -0.4 is 5.32 Å². The van der Waals surface area contributed by atoms with Crippen molar-refractivity contribution in [3.05, 3.63) is 46.2 Å². The van der Waals surface area contributed by atoms with Crippen molar-refractivity contribution in [3.8, 4) is 0 Å². The molecule has 7 heteroatoms. The highest BCUT2D eigenvalue weighted by molar-refractivity contribution is 7.09. The second-order valence-corrected chi connectivity index (χ2v) is 7.16. The van der Waals surface area contributed by atoms with Crippen LogP contribution in [0.15, 0.2) is 29.9 Å². The maximum Gasteiger partial charge on any atom is 0.273 e. The Bertz CT molecular complexity index is 732. The Morgan fingerprint density at radius 3 is 2.88 bits per heavy atom. The van der Waals surface area contributed by atoms with E-state index in [4.69, 9.17) is 0 Å². The number of nitrogens with zero attached hydrogens (tertiary/aromatic N) is 3. The van der Waals surface area contributed by atoms with E-state index in [9.17, 15) is 9.59 Å². The van der Waals surface area contributed by atoms with Gasteiger partial charge in [0.25, 0.3) is 5.91 Å². The van der Waals surface area contributed by atoms with Crippen LogP contribution in [0, 0.1) is 0 Å². The lowest BCUT2D eigenvalue weighted by atomic mass is 10.2. The quantitative estimate of drug-likeness (QED) is 0.825. The molecule has 3 rings (SSSR count). The minimum Gasteiger partial charge on any atom is -0.352 e. The zero-order valence-corrected chi connectivity index (χ0v) is 15.1. The fraction of sp³-hybridized carbons (Fsp3) is 0.444. The van der Waals surface area contributed by atoms with Crippen LogP contribution in [0.1, 0.15) is 47.2 Å². The molecule has 0 aliphatic carbocycles. The summed E-state index contributed by atoms with van der Waals surface area (Å²) in [6.07, 6.45) is 6.63. The standard InChI is InChI=1S/C18H22N4O2S/c1-2-3-17-21-15(12-25-17)18(24)22(10-13-6-8-19-9-7-13)11-14-4-5-16(23)20-14/h6-9,12,14H,2-5,10-11H2,1H3,(H,20,23)/t14-/m0/s1. The molecule has 1 fully saturated rings. The molecular formula is C18H22N4O2S. The van der Waals surface area contributed by atoms with Crippen LogP contribution in [-0.2, 0) is 17.8 Å². The van der Waals surface area contributed by atoms with Gasteiger partial charge in [0.15, 0.2) is 0 Å². The summed E-state index contributed by atoms with van der Waals surface area (Å²) in [5.41, 5.74) is 1.50. The molecule has 25 heavy (non-hydrogen) atoms. The number of amides is 2. The number of aromatic nitrogens is 2. The summed E-state index contributed by atoms with van der Waals surface area (Å²) in [5, 5.41) is 5.76. The van der Waals surface area contributed by atoms with E-state index in [1.165, 1.54) is 11.3 Å². The number of hydrogen-bond donors (Lipinski definition) is 1. The lowest BCUT2D eigenvalue weighted by Gasteiger charge is -2.25. The highest BCUT2D eigenvalue weighted by Gasteiger charge is 2.27. The first kappa shape index (κ1) is 17.5. The van der Waals surface area contributed by atoms with Crippen LogP contribution in [0.25, 0.3) is 0 Å². The highest BCUT2D eigenvalue weighted by Crippen LogP contribution is 2.17. The maximum absolute atomic E-state index is 13.0. The molecule has 1 aliphatic heterocycles. The Morgan fingerprint density at radius 2 is 2.20 bits per heavy atom. The molecule has 0 saturated carbocycles. The van der Waals surface area contributed by atoms with Crippen molar-refractivity contribution in [2.45, 2.75) is 45.2 Å². The predicted molar refractivity (Wildman–Crippen MR) is 96.3 cm³/mol. The summed E-state index contributed by atoms with van der Waals surface area (Å²) >= 11 is 1.53. The molecule has 1 atom stereocenters. The lowest BCUT2D eigenvalue weighted by molar-refractivity contribution is -0.119. The molecule has 1 saturated heterocycles. The van der Waals surface area contributed by atoms with Crippen LogP contribution in [0.4, 0.5) is 0 Å². The van der Waals surface area contributed by atoms with Crippen molar-refractivity contribution in [3.63, 3.8) is 0 Å². The van der Waals surface area contributed by atoms with Crippen LogP contribution in [0.3, 0.4) is 0 Å². The van der Waals surface area contributed by atoms with Gasteiger partial charge in [0.2, 0.25) is 5.91 Å². The number of hydrogen-bond acceptors (Lipinski definition) is 5. The van der Waals surface area contributed by atoms with Crippen LogP contribution in [-0.4, -0.2) is 39.3 Å². The fourth-order valence-electron chi connectivity index (χ4n) is 2.91. The Hall–Kier alpha value is -2.28. The topological polar surface area (TPSA) is 75.2 Å². The zero-order valence-electron chi connectivity index (χ0n) is 14.3. The first-order valence-electron chi connectivity index (χ1n) is 8.57. The fourth-order valence-corrected chi connectivity index (χ4v) is 3.78. The Labute approximate surface area is 151 Å². The second-order valence-electron chi connectivity index (χ2n) is 6.22. The number of rotatable bonds is 7. The van der Waals surface area contributed by atoms with E-state index in [1.54, 1.807) is 17.3 Å². The van der Waals surface area contributed by atoms with Crippen molar-refractivity contribution in [2.24, 2.45) is 0 Å². The van der Waals surface area contributed by atoms with Crippen molar-refractivity contribution in [2.75, 3.05) is 6.54 Å². The van der Waals surface area contributed by atoms with Gasteiger partial charge in [-0.3, -0.25) is 14.6 Å². The Morgan fingerprint density at radius 1 is 1.40 bits per heavy atom. The molecule has 0 aromatic carbocycles. The SMILES string of the molecule is CCCc1nc(C(=O)N(Cc2ccncc2)C[C@@H]2CCC(=O)N2)cs1. The third-order valence-electron chi connectivity index (χ3n) is 4.17. The van der Waals surface area contributed by atoms with Gasteiger partial charge < -0.3 is 10.2 Å². The van der Waals surface area contributed by atoms with E-state index in [-0.39, 0.29) is 17.9 Å². The second kappa shape index (κ2) is 8.20. The van der Waals surface area contributed by atoms with Crippen LogP contribution in [0.2, 0.25) is 0 Å². The van der Waals surface area contributed by atoms with E-state index >= 15 is 0 Å². The molecule has 0 spiro atoms. The highest BCUT2D eigenvalue weighted by atomic mass is 32.1. The summed E-state index contributed by atoms with van der Waals surface area (Å²) in [4.78, 5) is 34.7. The molecule has 0 radical (unpaired) electrons. The van der Waals surface area contributed by atoms with E-state index in [0.29, 0.717) is 25.2 Å². The van der Waals surface area contributed by atoms with Gasteiger partial charge >= 0.3 is 0 Å². The van der Waals surface area contributed by atoms with Gasteiger partial charge in [-0.05, 0) is 37.0 Å².